The molecule has 0 aliphatic carbocycles. The Morgan fingerprint density at radius 1 is 1.06 bits per heavy atom. The van der Waals surface area contributed by atoms with E-state index in [9.17, 15) is 0 Å². The molecule has 0 saturated carbocycles. The Labute approximate surface area is 103 Å². The predicted molar refractivity (Wildman–Crippen MR) is 73.7 cm³/mol. The lowest BCUT2D eigenvalue weighted by molar-refractivity contribution is 0.162. The average molecular weight is 228 g/mol. The molecule has 0 heterocycles. The minimum absolute atomic E-state index is 0.350. The molecule has 0 aromatic heterocycles. The molecule has 1 unspecified atom stereocenters. The highest BCUT2D eigenvalue weighted by molar-refractivity contribution is 4.71. The molecule has 2 N–H and O–H groups in total. The molecule has 0 bridgehead atoms. The first-order chi connectivity index (χ1) is 7.51. The largest absolute Gasteiger partial charge is 0.328 e. The Bertz CT molecular complexity index is 151. The zero-order chi connectivity index (χ0) is 12.6. The summed E-state index contributed by atoms with van der Waals surface area (Å²) in [6, 6.07) is 1.11. The molecule has 0 saturated heterocycles. The minimum atomic E-state index is 0.350. The van der Waals surface area contributed by atoms with Crippen LogP contribution in [0, 0.1) is 5.92 Å². The summed E-state index contributed by atoms with van der Waals surface area (Å²) in [5.41, 5.74) is 5.80. The smallest absolute Gasteiger partial charge is 0.00901 e. The topological polar surface area (TPSA) is 29.3 Å². The highest BCUT2D eigenvalue weighted by Gasteiger charge is 2.15. The zero-order valence-electron chi connectivity index (χ0n) is 12.0. The van der Waals surface area contributed by atoms with E-state index in [1.165, 1.54) is 32.4 Å². The van der Waals surface area contributed by atoms with E-state index in [2.05, 4.69) is 39.5 Å². The Hall–Kier alpha value is -0.0800. The second-order valence-electron chi connectivity index (χ2n) is 5.48. The summed E-state index contributed by atoms with van der Waals surface area (Å²) in [5, 5.41) is 0. The van der Waals surface area contributed by atoms with E-state index < -0.39 is 0 Å². The van der Waals surface area contributed by atoms with Crippen molar-refractivity contribution in [1.29, 1.82) is 0 Å². The summed E-state index contributed by atoms with van der Waals surface area (Å²) >= 11 is 0. The highest BCUT2D eigenvalue weighted by atomic mass is 15.1. The molecule has 0 aromatic rings. The van der Waals surface area contributed by atoms with Crippen molar-refractivity contribution in [2.45, 2.75) is 72.4 Å². The maximum atomic E-state index is 5.80. The van der Waals surface area contributed by atoms with Crippen molar-refractivity contribution < 1.29 is 0 Å². The molecule has 0 aromatic carbocycles. The maximum Gasteiger partial charge on any atom is 0.00901 e. The first-order valence-electron chi connectivity index (χ1n) is 7.00. The number of hydrogen-bond donors (Lipinski definition) is 1. The van der Waals surface area contributed by atoms with Crippen molar-refractivity contribution in [3.8, 4) is 0 Å². The second-order valence-corrected chi connectivity index (χ2v) is 5.48. The van der Waals surface area contributed by atoms with E-state index in [0.717, 1.165) is 18.4 Å². The fraction of sp³-hybridized carbons (Fsp3) is 1.00. The van der Waals surface area contributed by atoms with Crippen molar-refractivity contribution in [1.82, 2.24) is 4.90 Å². The molecule has 0 spiro atoms. The van der Waals surface area contributed by atoms with Gasteiger partial charge in [-0.15, -0.1) is 0 Å². The van der Waals surface area contributed by atoms with Gasteiger partial charge in [-0.1, -0.05) is 27.7 Å². The number of nitrogens with zero attached hydrogens (tertiary/aromatic N) is 1. The quantitative estimate of drug-likeness (QED) is 0.656. The van der Waals surface area contributed by atoms with E-state index in [0.29, 0.717) is 6.04 Å². The lowest BCUT2D eigenvalue weighted by atomic mass is 10.1. The standard InChI is InChI=1S/C14H32N2/c1-6-14(7-2)16(11-12(3)4)10-8-9-13(5)15/h12-14H,6-11,15H2,1-5H3. The van der Waals surface area contributed by atoms with Crippen LogP contribution in [0.25, 0.3) is 0 Å². The minimum Gasteiger partial charge on any atom is -0.328 e. The van der Waals surface area contributed by atoms with Gasteiger partial charge in [-0.05, 0) is 45.1 Å². The van der Waals surface area contributed by atoms with Crippen LogP contribution in [0.3, 0.4) is 0 Å². The summed E-state index contributed by atoms with van der Waals surface area (Å²) in [5.74, 6) is 0.760. The third kappa shape index (κ3) is 7.24. The highest BCUT2D eigenvalue weighted by Crippen LogP contribution is 2.12. The molecule has 2 heteroatoms. The molecule has 2 nitrogen and oxygen atoms in total. The van der Waals surface area contributed by atoms with E-state index >= 15 is 0 Å². The van der Waals surface area contributed by atoms with Gasteiger partial charge in [-0.3, -0.25) is 0 Å². The van der Waals surface area contributed by atoms with Gasteiger partial charge >= 0.3 is 0 Å². The molecule has 0 rings (SSSR count). The summed E-state index contributed by atoms with van der Waals surface area (Å²) in [6.45, 7) is 13.8. The monoisotopic (exact) mass is 228 g/mol. The molecule has 16 heavy (non-hydrogen) atoms. The Kier molecular flexibility index (Phi) is 8.96. The lowest BCUT2D eigenvalue weighted by Crippen LogP contribution is -2.38. The van der Waals surface area contributed by atoms with Gasteiger partial charge in [0, 0.05) is 18.6 Å². The summed E-state index contributed by atoms with van der Waals surface area (Å²) in [6.07, 6.45) is 4.92. The normalized spacial score (nSPS) is 14.1. The van der Waals surface area contributed by atoms with Crippen LogP contribution in [0.15, 0.2) is 0 Å². The van der Waals surface area contributed by atoms with Crippen LogP contribution < -0.4 is 5.73 Å². The van der Waals surface area contributed by atoms with Gasteiger partial charge in [0.05, 0.1) is 0 Å². The fourth-order valence-corrected chi connectivity index (χ4v) is 2.31. The van der Waals surface area contributed by atoms with Crippen molar-refractivity contribution >= 4 is 0 Å². The van der Waals surface area contributed by atoms with Crippen LogP contribution in [-0.2, 0) is 0 Å². The van der Waals surface area contributed by atoms with Gasteiger partial charge in [0.2, 0.25) is 0 Å². The SMILES string of the molecule is CCC(CC)N(CCCC(C)N)CC(C)C. The molecule has 0 radical (unpaired) electrons. The molecular formula is C14H32N2. The van der Waals surface area contributed by atoms with Gasteiger partial charge in [-0.2, -0.15) is 0 Å². The Morgan fingerprint density at radius 3 is 2.00 bits per heavy atom. The van der Waals surface area contributed by atoms with Crippen molar-refractivity contribution in [2.24, 2.45) is 11.7 Å². The van der Waals surface area contributed by atoms with E-state index in [4.69, 9.17) is 5.73 Å². The first kappa shape index (κ1) is 15.9. The summed E-state index contributed by atoms with van der Waals surface area (Å²) < 4.78 is 0. The first-order valence-corrected chi connectivity index (χ1v) is 7.00. The molecular weight excluding hydrogens is 196 g/mol. The Balaban J connectivity index is 4.08. The second kappa shape index (κ2) is 9.00. The average Bonchev–Trinajstić information content (AvgIpc) is 2.17. The van der Waals surface area contributed by atoms with Crippen molar-refractivity contribution in [2.75, 3.05) is 13.1 Å². The van der Waals surface area contributed by atoms with Crippen LogP contribution in [0.1, 0.15) is 60.3 Å². The molecule has 0 fully saturated rings. The lowest BCUT2D eigenvalue weighted by Gasteiger charge is -2.32. The maximum absolute atomic E-state index is 5.80. The molecule has 98 valence electrons. The molecule has 0 aliphatic rings. The van der Waals surface area contributed by atoms with E-state index in [-0.39, 0.29) is 0 Å². The molecule has 0 amide bonds. The van der Waals surface area contributed by atoms with Gasteiger partial charge in [-0.25, -0.2) is 0 Å². The number of rotatable bonds is 9. The van der Waals surface area contributed by atoms with Gasteiger partial charge in [0.1, 0.15) is 0 Å². The summed E-state index contributed by atoms with van der Waals surface area (Å²) in [7, 11) is 0. The molecule has 1 atom stereocenters. The third-order valence-corrected chi connectivity index (χ3v) is 3.16. The fourth-order valence-electron chi connectivity index (χ4n) is 2.31. The van der Waals surface area contributed by atoms with Crippen LogP contribution >= 0.6 is 0 Å². The van der Waals surface area contributed by atoms with Crippen LogP contribution in [-0.4, -0.2) is 30.1 Å². The van der Waals surface area contributed by atoms with Gasteiger partial charge in [0.25, 0.3) is 0 Å². The zero-order valence-corrected chi connectivity index (χ0v) is 12.0. The number of nitrogens with two attached hydrogens (primary N) is 1. The predicted octanol–water partition coefficient (Wildman–Crippen LogP) is 3.26. The van der Waals surface area contributed by atoms with Gasteiger partial charge < -0.3 is 10.6 Å². The van der Waals surface area contributed by atoms with Gasteiger partial charge in [0.15, 0.2) is 0 Å². The molecule has 0 aliphatic heterocycles. The van der Waals surface area contributed by atoms with E-state index in [1.54, 1.807) is 0 Å². The van der Waals surface area contributed by atoms with Crippen molar-refractivity contribution in [3.05, 3.63) is 0 Å². The van der Waals surface area contributed by atoms with Crippen LogP contribution in [0.2, 0.25) is 0 Å². The third-order valence-electron chi connectivity index (χ3n) is 3.16. The van der Waals surface area contributed by atoms with E-state index in [1.807, 2.05) is 0 Å². The number of hydrogen-bond acceptors (Lipinski definition) is 2. The van der Waals surface area contributed by atoms with Crippen LogP contribution in [0.5, 0.6) is 0 Å². The van der Waals surface area contributed by atoms with Crippen molar-refractivity contribution in [3.63, 3.8) is 0 Å². The Morgan fingerprint density at radius 2 is 1.62 bits per heavy atom. The summed E-state index contributed by atoms with van der Waals surface area (Å²) in [4.78, 5) is 2.66. The van der Waals surface area contributed by atoms with Crippen LogP contribution in [0.4, 0.5) is 0 Å².